The van der Waals surface area contributed by atoms with Gasteiger partial charge >= 0.3 is 0 Å². The van der Waals surface area contributed by atoms with Gasteiger partial charge in [-0.25, -0.2) is 0 Å². The van der Waals surface area contributed by atoms with Crippen LogP contribution in [-0.2, 0) is 0 Å². The highest BCUT2D eigenvalue weighted by atomic mass is 15.2. The number of hydrogen-bond donors (Lipinski definition) is 0. The zero-order chi connectivity index (χ0) is 11.2. The van der Waals surface area contributed by atoms with Crippen LogP contribution in [0, 0.1) is 5.92 Å². The molecule has 0 aromatic heterocycles. The molecule has 1 aliphatic heterocycles. The molecule has 0 amide bonds. The molecule has 1 saturated carbocycles. The van der Waals surface area contributed by atoms with Gasteiger partial charge in [0.05, 0.1) is 0 Å². The lowest BCUT2D eigenvalue weighted by atomic mass is 9.82. The summed E-state index contributed by atoms with van der Waals surface area (Å²) < 4.78 is 0. The second kappa shape index (κ2) is 6.64. The molecule has 16 heavy (non-hydrogen) atoms. The van der Waals surface area contributed by atoms with E-state index < -0.39 is 0 Å². The summed E-state index contributed by atoms with van der Waals surface area (Å²) in [5.41, 5.74) is 0. The van der Waals surface area contributed by atoms with Gasteiger partial charge in [0.15, 0.2) is 0 Å². The fraction of sp³-hybridized carbons (Fsp3) is 1.00. The van der Waals surface area contributed by atoms with E-state index in [-0.39, 0.29) is 0 Å². The topological polar surface area (TPSA) is 3.24 Å². The SMILES string of the molecule is CCCCCC1CCC(N2CCCC2)CC1. The van der Waals surface area contributed by atoms with E-state index in [1.165, 1.54) is 77.3 Å². The molecule has 0 N–H and O–H groups in total. The summed E-state index contributed by atoms with van der Waals surface area (Å²) in [6.45, 7) is 5.10. The van der Waals surface area contributed by atoms with Crippen LogP contribution in [0.2, 0.25) is 0 Å². The maximum atomic E-state index is 2.77. The van der Waals surface area contributed by atoms with Crippen LogP contribution in [-0.4, -0.2) is 24.0 Å². The Hall–Kier alpha value is -0.0400. The third kappa shape index (κ3) is 3.48. The normalized spacial score (nSPS) is 32.1. The third-order valence-corrected chi connectivity index (χ3v) is 4.69. The lowest BCUT2D eigenvalue weighted by Gasteiger charge is -2.34. The lowest BCUT2D eigenvalue weighted by Crippen LogP contribution is -2.35. The van der Waals surface area contributed by atoms with Crippen molar-refractivity contribution < 1.29 is 0 Å². The molecule has 1 aliphatic carbocycles. The molecule has 1 nitrogen and oxygen atoms in total. The summed E-state index contributed by atoms with van der Waals surface area (Å²) in [6.07, 6.45) is 14.8. The molecule has 0 spiro atoms. The monoisotopic (exact) mass is 223 g/mol. The molecule has 1 heterocycles. The summed E-state index contributed by atoms with van der Waals surface area (Å²) in [6, 6.07) is 0.963. The van der Waals surface area contributed by atoms with Crippen LogP contribution in [0.3, 0.4) is 0 Å². The van der Waals surface area contributed by atoms with E-state index in [0.717, 1.165) is 12.0 Å². The van der Waals surface area contributed by atoms with E-state index in [1.54, 1.807) is 0 Å². The highest BCUT2D eigenvalue weighted by Gasteiger charge is 2.26. The molecule has 0 unspecified atom stereocenters. The Balaban J connectivity index is 1.62. The quantitative estimate of drug-likeness (QED) is 0.631. The van der Waals surface area contributed by atoms with Crippen LogP contribution in [0.1, 0.15) is 71.1 Å². The Kier molecular flexibility index (Phi) is 5.15. The van der Waals surface area contributed by atoms with Crippen molar-refractivity contribution >= 4 is 0 Å². The molecule has 2 fully saturated rings. The first-order valence-corrected chi connectivity index (χ1v) is 7.64. The molecule has 1 saturated heterocycles. The van der Waals surface area contributed by atoms with E-state index in [9.17, 15) is 0 Å². The van der Waals surface area contributed by atoms with Crippen LogP contribution >= 0.6 is 0 Å². The fourth-order valence-electron chi connectivity index (χ4n) is 3.59. The maximum absolute atomic E-state index is 2.77. The van der Waals surface area contributed by atoms with Gasteiger partial charge in [-0.2, -0.15) is 0 Å². The second-order valence-corrected chi connectivity index (χ2v) is 5.91. The van der Waals surface area contributed by atoms with Gasteiger partial charge in [0.1, 0.15) is 0 Å². The molecule has 0 bridgehead atoms. The average Bonchev–Trinajstić information content (AvgIpc) is 2.84. The van der Waals surface area contributed by atoms with E-state index in [2.05, 4.69) is 11.8 Å². The van der Waals surface area contributed by atoms with Crippen molar-refractivity contribution in [1.29, 1.82) is 0 Å². The van der Waals surface area contributed by atoms with Crippen LogP contribution in [0.5, 0.6) is 0 Å². The van der Waals surface area contributed by atoms with Crippen molar-refractivity contribution in [3.8, 4) is 0 Å². The minimum absolute atomic E-state index is 0.963. The number of likely N-dealkylation sites (tertiary alicyclic amines) is 1. The number of nitrogens with zero attached hydrogens (tertiary/aromatic N) is 1. The molecule has 0 radical (unpaired) electrons. The molecular weight excluding hydrogens is 194 g/mol. The summed E-state index contributed by atoms with van der Waals surface area (Å²) in [4.78, 5) is 2.77. The minimum Gasteiger partial charge on any atom is -0.300 e. The third-order valence-electron chi connectivity index (χ3n) is 4.69. The average molecular weight is 223 g/mol. The Morgan fingerprint density at radius 1 is 0.938 bits per heavy atom. The first-order chi connectivity index (χ1) is 7.90. The van der Waals surface area contributed by atoms with Gasteiger partial charge < -0.3 is 4.90 Å². The van der Waals surface area contributed by atoms with Gasteiger partial charge in [-0.05, 0) is 57.5 Å². The highest BCUT2D eigenvalue weighted by Crippen LogP contribution is 2.32. The number of hydrogen-bond acceptors (Lipinski definition) is 1. The van der Waals surface area contributed by atoms with Gasteiger partial charge in [0.2, 0.25) is 0 Å². The van der Waals surface area contributed by atoms with Gasteiger partial charge in [-0.1, -0.05) is 32.6 Å². The predicted molar refractivity (Wildman–Crippen MR) is 70.7 cm³/mol. The molecule has 2 rings (SSSR count). The van der Waals surface area contributed by atoms with Crippen molar-refractivity contribution in [2.75, 3.05) is 13.1 Å². The summed E-state index contributed by atoms with van der Waals surface area (Å²) >= 11 is 0. The molecular formula is C15H29N. The van der Waals surface area contributed by atoms with E-state index in [1.807, 2.05) is 0 Å². The number of rotatable bonds is 5. The lowest BCUT2D eigenvalue weighted by molar-refractivity contribution is 0.160. The van der Waals surface area contributed by atoms with Crippen molar-refractivity contribution in [2.45, 2.75) is 77.2 Å². The van der Waals surface area contributed by atoms with Crippen LogP contribution < -0.4 is 0 Å². The van der Waals surface area contributed by atoms with Gasteiger partial charge in [-0.15, -0.1) is 0 Å². The van der Waals surface area contributed by atoms with Crippen molar-refractivity contribution in [3.63, 3.8) is 0 Å². The molecule has 0 aromatic carbocycles. The molecule has 1 heteroatoms. The smallest absolute Gasteiger partial charge is 0.00954 e. The zero-order valence-electron chi connectivity index (χ0n) is 11.1. The fourth-order valence-corrected chi connectivity index (χ4v) is 3.59. The van der Waals surface area contributed by atoms with Gasteiger partial charge in [0.25, 0.3) is 0 Å². The van der Waals surface area contributed by atoms with Gasteiger partial charge in [-0.3, -0.25) is 0 Å². The standard InChI is InChI=1S/C15H29N/c1-2-3-4-7-14-8-10-15(11-9-14)16-12-5-6-13-16/h14-15H,2-13H2,1H3. The predicted octanol–water partition coefficient (Wildman–Crippen LogP) is 4.22. The van der Waals surface area contributed by atoms with E-state index >= 15 is 0 Å². The Bertz CT molecular complexity index is 176. The van der Waals surface area contributed by atoms with Crippen LogP contribution in [0.4, 0.5) is 0 Å². The van der Waals surface area contributed by atoms with Gasteiger partial charge in [0, 0.05) is 6.04 Å². The molecule has 0 aromatic rings. The Labute approximate surface area is 102 Å². The first-order valence-electron chi connectivity index (χ1n) is 7.64. The van der Waals surface area contributed by atoms with Crippen molar-refractivity contribution in [2.24, 2.45) is 5.92 Å². The largest absolute Gasteiger partial charge is 0.300 e. The Morgan fingerprint density at radius 2 is 1.62 bits per heavy atom. The van der Waals surface area contributed by atoms with Crippen LogP contribution in [0.15, 0.2) is 0 Å². The Morgan fingerprint density at radius 3 is 2.25 bits per heavy atom. The minimum atomic E-state index is 0.963. The molecule has 94 valence electrons. The van der Waals surface area contributed by atoms with E-state index in [0.29, 0.717) is 0 Å². The molecule has 2 aliphatic rings. The van der Waals surface area contributed by atoms with Crippen molar-refractivity contribution in [1.82, 2.24) is 4.90 Å². The zero-order valence-corrected chi connectivity index (χ0v) is 11.1. The summed E-state index contributed by atoms with van der Waals surface area (Å²) in [5.74, 6) is 1.07. The second-order valence-electron chi connectivity index (χ2n) is 5.91. The molecule has 0 atom stereocenters. The van der Waals surface area contributed by atoms with Crippen LogP contribution in [0.25, 0.3) is 0 Å². The maximum Gasteiger partial charge on any atom is 0.00954 e. The summed E-state index contributed by atoms with van der Waals surface area (Å²) in [7, 11) is 0. The number of unbranched alkanes of at least 4 members (excludes halogenated alkanes) is 2. The van der Waals surface area contributed by atoms with Crippen molar-refractivity contribution in [3.05, 3.63) is 0 Å². The highest BCUT2D eigenvalue weighted by molar-refractivity contribution is 4.82. The van der Waals surface area contributed by atoms with E-state index in [4.69, 9.17) is 0 Å². The summed E-state index contributed by atoms with van der Waals surface area (Å²) in [5, 5.41) is 0. The first kappa shape index (κ1) is 12.4.